The van der Waals surface area contributed by atoms with E-state index in [1.807, 2.05) is 39.0 Å². The number of aromatic nitrogens is 2. The maximum Gasteiger partial charge on any atom is 0.293 e. The van der Waals surface area contributed by atoms with Gasteiger partial charge in [-0.3, -0.25) is 4.79 Å². The lowest BCUT2D eigenvalue weighted by molar-refractivity contribution is 0.575. The average Bonchev–Trinajstić information content (AvgIpc) is 2.41. The van der Waals surface area contributed by atoms with E-state index < -0.39 is 0 Å². The molecule has 0 unspecified atom stereocenters. The smallest absolute Gasteiger partial charge is 0.293 e. The first kappa shape index (κ1) is 14.1. The monoisotopic (exact) mass is 272 g/mol. The van der Waals surface area contributed by atoms with E-state index >= 15 is 0 Å². The molecule has 0 amide bonds. The minimum Gasteiger partial charge on any atom is -0.399 e. The fourth-order valence-corrected chi connectivity index (χ4v) is 2.03. The normalized spacial score (nSPS) is 10.8. The van der Waals surface area contributed by atoms with Gasteiger partial charge in [-0.15, -0.1) is 0 Å². The first-order valence-electron chi connectivity index (χ1n) is 6.65. The maximum atomic E-state index is 12.2. The van der Waals surface area contributed by atoms with E-state index in [-0.39, 0.29) is 11.6 Å². The van der Waals surface area contributed by atoms with E-state index in [0.717, 1.165) is 16.8 Å². The summed E-state index contributed by atoms with van der Waals surface area (Å²) < 4.78 is 1.65. The standard InChI is InChI=1S/C15H20N4O/c1-10(2)19-8-7-17-14(15(19)20)18-9-12-5-4-6-13(16)11(12)3/h4-8,10H,9,16H2,1-3H3,(H,17,18). The molecule has 5 nitrogen and oxygen atoms in total. The summed E-state index contributed by atoms with van der Waals surface area (Å²) in [5.74, 6) is 0.364. The van der Waals surface area contributed by atoms with Crippen molar-refractivity contribution in [3.8, 4) is 0 Å². The van der Waals surface area contributed by atoms with Crippen LogP contribution in [0.1, 0.15) is 31.0 Å². The molecule has 1 heterocycles. The number of rotatable bonds is 4. The highest BCUT2D eigenvalue weighted by molar-refractivity contribution is 5.50. The Kier molecular flexibility index (Phi) is 4.08. The van der Waals surface area contributed by atoms with Crippen LogP contribution in [-0.4, -0.2) is 9.55 Å². The van der Waals surface area contributed by atoms with Crippen molar-refractivity contribution in [3.63, 3.8) is 0 Å². The second-order valence-corrected chi connectivity index (χ2v) is 5.07. The van der Waals surface area contributed by atoms with Crippen molar-refractivity contribution in [2.75, 3.05) is 11.1 Å². The molecule has 0 aliphatic carbocycles. The van der Waals surface area contributed by atoms with Gasteiger partial charge in [0.15, 0.2) is 5.82 Å². The second-order valence-electron chi connectivity index (χ2n) is 5.07. The Hall–Kier alpha value is -2.30. The van der Waals surface area contributed by atoms with Gasteiger partial charge in [-0.05, 0) is 38.0 Å². The van der Waals surface area contributed by atoms with Crippen LogP contribution in [0.2, 0.25) is 0 Å². The summed E-state index contributed by atoms with van der Waals surface area (Å²) in [6, 6.07) is 5.87. The molecule has 1 aromatic heterocycles. The first-order chi connectivity index (χ1) is 9.50. The SMILES string of the molecule is Cc1c(N)cccc1CNc1nccn(C(C)C)c1=O. The lowest BCUT2D eigenvalue weighted by atomic mass is 10.1. The lowest BCUT2D eigenvalue weighted by Gasteiger charge is -2.13. The molecule has 5 heteroatoms. The quantitative estimate of drug-likeness (QED) is 0.838. The maximum absolute atomic E-state index is 12.2. The zero-order valence-corrected chi connectivity index (χ0v) is 12.1. The third-order valence-electron chi connectivity index (χ3n) is 3.36. The van der Waals surface area contributed by atoms with Crippen LogP contribution >= 0.6 is 0 Å². The first-order valence-corrected chi connectivity index (χ1v) is 6.65. The molecule has 20 heavy (non-hydrogen) atoms. The van der Waals surface area contributed by atoms with E-state index in [4.69, 9.17) is 5.73 Å². The van der Waals surface area contributed by atoms with Crippen LogP contribution in [0.15, 0.2) is 35.4 Å². The molecule has 3 N–H and O–H groups in total. The van der Waals surface area contributed by atoms with Crippen molar-refractivity contribution >= 4 is 11.5 Å². The van der Waals surface area contributed by atoms with Crippen molar-refractivity contribution in [3.05, 3.63) is 52.1 Å². The van der Waals surface area contributed by atoms with Gasteiger partial charge in [-0.1, -0.05) is 12.1 Å². The number of nitrogens with zero attached hydrogens (tertiary/aromatic N) is 2. The highest BCUT2D eigenvalue weighted by Crippen LogP contribution is 2.16. The fraction of sp³-hybridized carbons (Fsp3) is 0.333. The Morgan fingerprint density at radius 3 is 2.85 bits per heavy atom. The van der Waals surface area contributed by atoms with E-state index in [0.29, 0.717) is 12.4 Å². The molecule has 0 atom stereocenters. The Morgan fingerprint density at radius 2 is 2.15 bits per heavy atom. The molecule has 0 aliphatic heterocycles. The molecule has 2 rings (SSSR count). The summed E-state index contributed by atoms with van der Waals surface area (Å²) in [5, 5.41) is 3.09. The predicted octanol–water partition coefficient (Wildman–Crippen LogP) is 2.33. The fourth-order valence-electron chi connectivity index (χ4n) is 2.03. The van der Waals surface area contributed by atoms with E-state index in [1.165, 1.54) is 0 Å². The van der Waals surface area contributed by atoms with Crippen LogP contribution in [0.4, 0.5) is 11.5 Å². The molecule has 0 radical (unpaired) electrons. The highest BCUT2D eigenvalue weighted by atomic mass is 16.1. The van der Waals surface area contributed by atoms with Gasteiger partial charge < -0.3 is 15.6 Å². The Bertz CT molecular complexity index is 661. The van der Waals surface area contributed by atoms with Gasteiger partial charge in [0.05, 0.1) is 0 Å². The number of nitrogens with one attached hydrogen (secondary N) is 1. The lowest BCUT2D eigenvalue weighted by Crippen LogP contribution is -2.25. The second kappa shape index (κ2) is 5.77. The van der Waals surface area contributed by atoms with Crippen LogP contribution in [-0.2, 0) is 6.54 Å². The molecular weight excluding hydrogens is 252 g/mol. The topological polar surface area (TPSA) is 72.9 Å². The van der Waals surface area contributed by atoms with Crippen LogP contribution in [0.5, 0.6) is 0 Å². The van der Waals surface area contributed by atoms with E-state index in [9.17, 15) is 4.79 Å². The molecule has 0 spiro atoms. The third kappa shape index (κ3) is 2.82. The van der Waals surface area contributed by atoms with Gasteiger partial charge in [-0.2, -0.15) is 0 Å². The Morgan fingerprint density at radius 1 is 1.40 bits per heavy atom. The van der Waals surface area contributed by atoms with Crippen LogP contribution in [0, 0.1) is 6.92 Å². The van der Waals surface area contributed by atoms with Gasteiger partial charge in [0, 0.05) is 30.7 Å². The molecule has 0 fully saturated rings. The van der Waals surface area contributed by atoms with Crippen molar-refractivity contribution in [1.82, 2.24) is 9.55 Å². The zero-order chi connectivity index (χ0) is 14.7. The number of hydrogen-bond donors (Lipinski definition) is 2. The molecule has 1 aromatic carbocycles. The number of hydrogen-bond acceptors (Lipinski definition) is 4. The van der Waals surface area contributed by atoms with Crippen molar-refractivity contribution in [1.29, 1.82) is 0 Å². The number of anilines is 2. The van der Waals surface area contributed by atoms with Crippen molar-refractivity contribution in [2.45, 2.75) is 33.4 Å². The minimum absolute atomic E-state index is 0.107. The van der Waals surface area contributed by atoms with Gasteiger partial charge in [0.25, 0.3) is 5.56 Å². The number of nitrogen functional groups attached to an aromatic ring is 1. The molecule has 0 aliphatic rings. The van der Waals surface area contributed by atoms with E-state index in [2.05, 4.69) is 10.3 Å². The van der Waals surface area contributed by atoms with Crippen molar-refractivity contribution < 1.29 is 0 Å². The number of nitrogens with two attached hydrogens (primary N) is 1. The average molecular weight is 272 g/mol. The van der Waals surface area contributed by atoms with Crippen molar-refractivity contribution in [2.24, 2.45) is 0 Å². The molecular formula is C15H20N4O. The van der Waals surface area contributed by atoms with Gasteiger partial charge in [-0.25, -0.2) is 4.98 Å². The van der Waals surface area contributed by atoms with Gasteiger partial charge in [0.1, 0.15) is 0 Å². The molecule has 0 saturated heterocycles. The van der Waals surface area contributed by atoms with Gasteiger partial charge >= 0.3 is 0 Å². The van der Waals surface area contributed by atoms with Crippen LogP contribution in [0.3, 0.4) is 0 Å². The summed E-state index contributed by atoms with van der Waals surface area (Å²) >= 11 is 0. The van der Waals surface area contributed by atoms with Crippen LogP contribution < -0.4 is 16.6 Å². The molecule has 0 saturated carbocycles. The minimum atomic E-state index is -0.107. The van der Waals surface area contributed by atoms with E-state index in [1.54, 1.807) is 17.0 Å². The summed E-state index contributed by atoms with van der Waals surface area (Å²) in [7, 11) is 0. The third-order valence-corrected chi connectivity index (χ3v) is 3.36. The summed E-state index contributed by atoms with van der Waals surface area (Å²) in [5.41, 5.74) is 8.61. The summed E-state index contributed by atoms with van der Waals surface area (Å²) in [6.45, 7) is 6.43. The zero-order valence-electron chi connectivity index (χ0n) is 12.1. The molecule has 2 aromatic rings. The van der Waals surface area contributed by atoms with Gasteiger partial charge in [0.2, 0.25) is 0 Å². The van der Waals surface area contributed by atoms with Crippen LogP contribution in [0.25, 0.3) is 0 Å². The summed E-state index contributed by atoms with van der Waals surface area (Å²) in [4.78, 5) is 16.3. The molecule has 106 valence electrons. The number of benzene rings is 1. The Labute approximate surface area is 118 Å². The highest BCUT2D eigenvalue weighted by Gasteiger charge is 2.08. The molecule has 0 bridgehead atoms. The predicted molar refractivity (Wildman–Crippen MR) is 81.8 cm³/mol. The Balaban J connectivity index is 2.22. The summed E-state index contributed by atoms with van der Waals surface area (Å²) in [6.07, 6.45) is 3.33. The largest absolute Gasteiger partial charge is 0.399 e.